The Hall–Kier alpha value is -0.650. The summed E-state index contributed by atoms with van der Waals surface area (Å²) < 4.78 is 0. The first-order valence-electron chi connectivity index (χ1n) is 7.55. The smallest absolute Gasteiger partial charge is 0.237 e. The van der Waals surface area contributed by atoms with Gasteiger partial charge >= 0.3 is 0 Å². The lowest BCUT2D eigenvalue weighted by molar-refractivity contribution is -0.126. The van der Waals surface area contributed by atoms with Crippen LogP contribution in [0.1, 0.15) is 33.1 Å². The number of nitrogens with zero attached hydrogens (tertiary/aromatic N) is 2. The number of hydrogen-bond donors (Lipinski definition) is 2. The highest BCUT2D eigenvalue weighted by molar-refractivity contribution is 5.81. The highest BCUT2D eigenvalue weighted by Gasteiger charge is 2.30. The lowest BCUT2D eigenvalue weighted by Gasteiger charge is -2.40. The summed E-state index contributed by atoms with van der Waals surface area (Å²) in [5, 5.41) is 12.4. The van der Waals surface area contributed by atoms with Crippen LogP contribution in [0.15, 0.2) is 0 Å². The van der Waals surface area contributed by atoms with Gasteiger partial charge in [0.25, 0.3) is 0 Å². The van der Waals surface area contributed by atoms with E-state index in [2.05, 4.69) is 22.0 Å². The Morgan fingerprint density at radius 2 is 1.84 bits per heavy atom. The van der Waals surface area contributed by atoms with Gasteiger partial charge in [-0.3, -0.25) is 14.6 Å². The van der Waals surface area contributed by atoms with Crippen molar-refractivity contribution in [1.29, 1.82) is 0 Å². The molecule has 0 spiro atoms. The van der Waals surface area contributed by atoms with Crippen LogP contribution in [0.25, 0.3) is 0 Å². The summed E-state index contributed by atoms with van der Waals surface area (Å²) in [6.07, 6.45) is 3.26. The van der Waals surface area contributed by atoms with Gasteiger partial charge in [0.05, 0.1) is 12.6 Å². The topological polar surface area (TPSA) is 55.8 Å². The van der Waals surface area contributed by atoms with E-state index < -0.39 is 0 Å². The molecule has 1 heterocycles. The van der Waals surface area contributed by atoms with Crippen molar-refractivity contribution in [2.45, 2.75) is 51.2 Å². The fraction of sp³-hybridized carbons (Fsp3) is 0.929. The molecule has 0 bridgehead atoms. The highest BCUT2D eigenvalue weighted by Crippen LogP contribution is 2.19. The van der Waals surface area contributed by atoms with Gasteiger partial charge in [-0.05, 0) is 26.2 Å². The van der Waals surface area contributed by atoms with Crippen LogP contribution in [0.3, 0.4) is 0 Å². The summed E-state index contributed by atoms with van der Waals surface area (Å²) in [5.41, 5.74) is 0. The van der Waals surface area contributed by atoms with Gasteiger partial charge in [-0.25, -0.2) is 0 Å². The van der Waals surface area contributed by atoms with E-state index in [0.717, 1.165) is 45.4 Å². The molecular weight excluding hydrogens is 242 g/mol. The SMILES string of the molecule is CCC(CO)N1CCN(C(C)C(=O)NC2CC2)CC1. The molecule has 1 aliphatic carbocycles. The first-order chi connectivity index (χ1) is 9.15. The second-order valence-electron chi connectivity index (χ2n) is 5.78. The predicted octanol–water partition coefficient (Wildman–Crippen LogP) is 0.0420. The number of rotatable bonds is 6. The van der Waals surface area contributed by atoms with Crippen LogP contribution in [0.4, 0.5) is 0 Å². The van der Waals surface area contributed by atoms with E-state index in [1.807, 2.05) is 6.92 Å². The molecular formula is C14H27N3O2. The maximum absolute atomic E-state index is 12.0. The normalized spacial score (nSPS) is 25.0. The number of hydrogen-bond acceptors (Lipinski definition) is 4. The second-order valence-corrected chi connectivity index (χ2v) is 5.78. The Balaban J connectivity index is 1.76. The summed E-state index contributed by atoms with van der Waals surface area (Å²) >= 11 is 0. The second kappa shape index (κ2) is 6.68. The molecule has 5 heteroatoms. The Bertz CT molecular complexity index is 295. The average molecular weight is 269 g/mol. The first-order valence-corrected chi connectivity index (χ1v) is 7.55. The first kappa shape index (κ1) is 14.8. The Labute approximate surface area is 115 Å². The van der Waals surface area contributed by atoms with Crippen molar-refractivity contribution in [1.82, 2.24) is 15.1 Å². The number of amides is 1. The molecule has 110 valence electrons. The van der Waals surface area contributed by atoms with E-state index in [0.29, 0.717) is 6.04 Å². The number of carbonyl (C=O) groups excluding carboxylic acids is 1. The molecule has 1 aliphatic heterocycles. The average Bonchev–Trinajstić information content (AvgIpc) is 3.24. The fourth-order valence-corrected chi connectivity index (χ4v) is 2.71. The summed E-state index contributed by atoms with van der Waals surface area (Å²) in [6, 6.07) is 0.685. The number of carbonyl (C=O) groups is 1. The van der Waals surface area contributed by atoms with Crippen LogP contribution in [0, 0.1) is 0 Å². The number of nitrogens with one attached hydrogen (secondary N) is 1. The Kier molecular flexibility index (Phi) is 5.19. The van der Waals surface area contributed by atoms with E-state index in [4.69, 9.17) is 0 Å². The number of piperazine rings is 1. The van der Waals surface area contributed by atoms with Crippen molar-refractivity contribution in [3.8, 4) is 0 Å². The molecule has 5 nitrogen and oxygen atoms in total. The van der Waals surface area contributed by atoms with Gasteiger partial charge in [0, 0.05) is 38.3 Å². The van der Waals surface area contributed by atoms with E-state index in [-0.39, 0.29) is 24.6 Å². The Morgan fingerprint density at radius 3 is 2.32 bits per heavy atom. The molecule has 19 heavy (non-hydrogen) atoms. The maximum atomic E-state index is 12.0. The maximum Gasteiger partial charge on any atom is 0.237 e. The summed E-state index contributed by atoms with van der Waals surface area (Å²) in [6.45, 7) is 8.05. The quantitative estimate of drug-likeness (QED) is 0.715. The monoisotopic (exact) mass is 269 g/mol. The van der Waals surface area contributed by atoms with Crippen LogP contribution in [-0.4, -0.2) is 71.7 Å². The van der Waals surface area contributed by atoms with E-state index >= 15 is 0 Å². The van der Waals surface area contributed by atoms with Crippen molar-refractivity contribution in [2.24, 2.45) is 0 Å². The van der Waals surface area contributed by atoms with Gasteiger partial charge in [0.15, 0.2) is 0 Å². The van der Waals surface area contributed by atoms with Gasteiger partial charge in [0.2, 0.25) is 5.91 Å². The molecule has 1 saturated carbocycles. The fourth-order valence-electron chi connectivity index (χ4n) is 2.71. The minimum Gasteiger partial charge on any atom is -0.395 e. The molecule has 2 rings (SSSR count). The van der Waals surface area contributed by atoms with Crippen LogP contribution in [0.2, 0.25) is 0 Å². The van der Waals surface area contributed by atoms with Gasteiger partial charge in [-0.2, -0.15) is 0 Å². The lowest BCUT2D eigenvalue weighted by Crippen LogP contribution is -2.56. The third-order valence-electron chi connectivity index (χ3n) is 4.40. The van der Waals surface area contributed by atoms with Crippen molar-refractivity contribution in [2.75, 3.05) is 32.8 Å². The number of aliphatic hydroxyl groups excluding tert-OH is 1. The third kappa shape index (κ3) is 3.91. The molecule has 2 aliphatic rings. The van der Waals surface area contributed by atoms with Crippen LogP contribution in [-0.2, 0) is 4.79 Å². The van der Waals surface area contributed by atoms with E-state index in [1.54, 1.807) is 0 Å². The van der Waals surface area contributed by atoms with Crippen LogP contribution >= 0.6 is 0 Å². The minimum atomic E-state index is -0.0306. The Morgan fingerprint density at radius 1 is 1.26 bits per heavy atom. The number of aliphatic hydroxyl groups is 1. The summed E-state index contributed by atoms with van der Waals surface area (Å²) in [7, 11) is 0. The minimum absolute atomic E-state index is 0.0306. The molecule has 1 amide bonds. The summed E-state index contributed by atoms with van der Waals surface area (Å²) in [5.74, 6) is 0.171. The molecule has 1 saturated heterocycles. The molecule has 0 aromatic heterocycles. The molecule has 2 fully saturated rings. The standard InChI is InChI=1S/C14H27N3O2/c1-3-13(10-18)17-8-6-16(7-9-17)11(2)14(19)15-12-4-5-12/h11-13,18H,3-10H2,1-2H3,(H,15,19). The molecule has 2 N–H and O–H groups in total. The molecule has 0 aromatic rings. The van der Waals surface area contributed by atoms with Crippen molar-refractivity contribution < 1.29 is 9.90 Å². The van der Waals surface area contributed by atoms with Crippen molar-refractivity contribution in [3.63, 3.8) is 0 Å². The van der Waals surface area contributed by atoms with Gasteiger partial charge < -0.3 is 10.4 Å². The predicted molar refractivity (Wildman–Crippen MR) is 74.9 cm³/mol. The molecule has 2 atom stereocenters. The highest BCUT2D eigenvalue weighted by atomic mass is 16.3. The lowest BCUT2D eigenvalue weighted by atomic mass is 10.1. The third-order valence-corrected chi connectivity index (χ3v) is 4.40. The van der Waals surface area contributed by atoms with Gasteiger partial charge in [0.1, 0.15) is 0 Å². The van der Waals surface area contributed by atoms with Crippen LogP contribution in [0.5, 0.6) is 0 Å². The van der Waals surface area contributed by atoms with E-state index in [9.17, 15) is 9.90 Å². The van der Waals surface area contributed by atoms with Crippen molar-refractivity contribution in [3.05, 3.63) is 0 Å². The zero-order valence-corrected chi connectivity index (χ0v) is 12.1. The van der Waals surface area contributed by atoms with Gasteiger partial charge in [-0.1, -0.05) is 6.92 Å². The van der Waals surface area contributed by atoms with Crippen LogP contribution < -0.4 is 5.32 Å². The van der Waals surface area contributed by atoms with Crippen molar-refractivity contribution >= 4 is 5.91 Å². The van der Waals surface area contributed by atoms with E-state index in [1.165, 1.54) is 0 Å². The largest absolute Gasteiger partial charge is 0.395 e. The molecule has 0 aromatic carbocycles. The summed E-state index contributed by atoms with van der Waals surface area (Å²) in [4.78, 5) is 16.6. The molecule has 2 unspecified atom stereocenters. The zero-order chi connectivity index (χ0) is 13.8. The zero-order valence-electron chi connectivity index (χ0n) is 12.1. The molecule has 0 radical (unpaired) electrons. The van der Waals surface area contributed by atoms with Gasteiger partial charge in [-0.15, -0.1) is 0 Å².